The summed E-state index contributed by atoms with van der Waals surface area (Å²) in [5.41, 5.74) is 2.78. The largest absolute Gasteiger partial charge is 0.497 e. The van der Waals surface area contributed by atoms with Gasteiger partial charge in [0, 0.05) is 24.3 Å². The summed E-state index contributed by atoms with van der Waals surface area (Å²) in [7, 11) is 1.62. The Morgan fingerprint density at radius 2 is 1.79 bits per heavy atom. The van der Waals surface area contributed by atoms with Crippen molar-refractivity contribution in [1.82, 2.24) is 15.5 Å². The van der Waals surface area contributed by atoms with E-state index in [4.69, 9.17) is 9.47 Å². The number of morpholine rings is 1. The van der Waals surface area contributed by atoms with Crippen LogP contribution in [-0.2, 0) is 4.74 Å². The first-order valence-corrected chi connectivity index (χ1v) is 9.11. The number of hydrogen-bond acceptors (Lipinski definition) is 5. The summed E-state index contributed by atoms with van der Waals surface area (Å²) >= 11 is 0. The molecule has 0 spiro atoms. The summed E-state index contributed by atoms with van der Waals surface area (Å²) in [6.07, 6.45) is 0. The summed E-state index contributed by atoms with van der Waals surface area (Å²) in [5, 5.41) is 12.9. The second-order valence-corrected chi connectivity index (χ2v) is 6.08. The number of benzene rings is 2. The zero-order valence-corrected chi connectivity index (χ0v) is 15.8. The van der Waals surface area contributed by atoms with Gasteiger partial charge in [0.15, 0.2) is 0 Å². The fraction of sp³-hybridized carbons (Fsp3) is 0.238. The third kappa shape index (κ3) is 5.67. The highest BCUT2D eigenvalue weighted by molar-refractivity contribution is 6.03. The SMILES string of the molecule is C1COCCN1.COc1ccc(-c2cc(C(=O)Nc3ccccc3)[nH]n2)cc1. The van der Waals surface area contributed by atoms with Crippen molar-refractivity contribution in [2.75, 3.05) is 38.7 Å². The molecule has 1 aliphatic rings. The number of nitrogens with one attached hydrogen (secondary N) is 3. The van der Waals surface area contributed by atoms with E-state index in [0.717, 1.165) is 43.3 Å². The Hall–Kier alpha value is -3.16. The van der Waals surface area contributed by atoms with E-state index in [9.17, 15) is 4.79 Å². The van der Waals surface area contributed by atoms with Gasteiger partial charge in [-0.3, -0.25) is 9.89 Å². The Kier molecular flexibility index (Phi) is 7.17. The lowest BCUT2D eigenvalue weighted by Crippen LogP contribution is -2.30. The van der Waals surface area contributed by atoms with Gasteiger partial charge in [0.25, 0.3) is 5.91 Å². The van der Waals surface area contributed by atoms with E-state index in [2.05, 4.69) is 20.8 Å². The predicted octanol–water partition coefficient (Wildman–Crippen LogP) is 2.94. The van der Waals surface area contributed by atoms with Crippen molar-refractivity contribution in [3.63, 3.8) is 0 Å². The zero-order chi connectivity index (χ0) is 19.6. The number of amides is 1. The summed E-state index contributed by atoms with van der Waals surface area (Å²) in [6.45, 7) is 3.83. The van der Waals surface area contributed by atoms with E-state index >= 15 is 0 Å². The Labute approximate surface area is 164 Å². The maximum absolute atomic E-state index is 12.2. The molecule has 146 valence electrons. The Morgan fingerprint density at radius 3 is 2.36 bits per heavy atom. The molecule has 2 heterocycles. The molecular formula is C21H24N4O3. The van der Waals surface area contributed by atoms with Crippen LogP contribution in [0.25, 0.3) is 11.3 Å². The lowest BCUT2D eigenvalue weighted by atomic mass is 10.1. The molecule has 1 saturated heterocycles. The van der Waals surface area contributed by atoms with Gasteiger partial charge < -0.3 is 20.1 Å². The van der Waals surface area contributed by atoms with Crippen LogP contribution in [0.4, 0.5) is 5.69 Å². The van der Waals surface area contributed by atoms with Crippen LogP contribution in [-0.4, -0.2) is 49.5 Å². The number of hydrogen-bond donors (Lipinski definition) is 3. The highest BCUT2D eigenvalue weighted by Gasteiger charge is 2.11. The molecule has 2 aromatic carbocycles. The minimum Gasteiger partial charge on any atom is -0.497 e. The van der Waals surface area contributed by atoms with Crippen molar-refractivity contribution >= 4 is 11.6 Å². The average molecular weight is 380 g/mol. The van der Waals surface area contributed by atoms with E-state index in [1.807, 2.05) is 54.6 Å². The van der Waals surface area contributed by atoms with Crippen LogP contribution in [0.1, 0.15) is 10.5 Å². The maximum Gasteiger partial charge on any atom is 0.273 e. The number of aromatic nitrogens is 2. The van der Waals surface area contributed by atoms with Gasteiger partial charge in [-0.1, -0.05) is 18.2 Å². The lowest BCUT2D eigenvalue weighted by Gasteiger charge is -2.10. The van der Waals surface area contributed by atoms with Crippen LogP contribution < -0.4 is 15.4 Å². The quantitative estimate of drug-likeness (QED) is 0.648. The third-order valence-corrected chi connectivity index (χ3v) is 4.09. The Morgan fingerprint density at radius 1 is 1.07 bits per heavy atom. The smallest absolute Gasteiger partial charge is 0.273 e. The van der Waals surface area contributed by atoms with E-state index in [1.54, 1.807) is 13.2 Å². The highest BCUT2D eigenvalue weighted by atomic mass is 16.5. The van der Waals surface area contributed by atoms with E-state index in [0.29, 0.717) is 11.4 Å². The molecule has 7 nitrogen and oxygen atoms in total. The van der Waals surface area contributed by atoms with E-state index in [1.165, 1.54) is 0 Å². The standard InChI is InChI=1S/C17H15N3O2.C4H9NO/c1-22-14-9-7-12(8-10-14)15-11-16(20-19-15)17(21)18-13-5-3-2-4-6-13;1-3-6-4-2-5-1/h2-11H,1H3,(H,18,21)(H,19,20);5H,1-4H2. The van der Waals surface area contributed by atoms with Gasteiger partial charge in [-0.25, -0.2) is 0 Å². The normalized spacial score (nSPS) is 13.2. The zero-order valence-electron chi connectivity index (χ0n) is 15.8. The molecule has 4 rings (SSSR count). The number of methoxy groups -OCH3 is 1. The number of aromatic amines is 1. The number of ether oxygens (including phenoxy) is 2. The second-order valence-electron chi connectivity index (χ2n) is 6.08. The van der Waals surface area contributed by atoms with E-state index in [-0.39, 0.29) is 5.91 Å². The van der Waals surface area contributed by atoms with Gasteiger partial charge in [0.1, 0.15) is 11.4 Å². The molecule has 0 aliphatic carbocycles. The summed E-state index contributed by atoms with van der Waals surface area (Å²) in [6, 6.07) is 18.5. The van der Waals surface area contributed by atoms with Crippen molar-refractivity contribution < 1.29 is 14.3 Å². The molecule has 1 aromatic heterocycles. The fourth-order valence-electron chi connectivity index (χ4n) is 2.58. The number of nitrogens with zero attached hydrogens (tertiary/aromatic N) is 1. The van der Waals surface area contributed by atoms with Crippen molar-refractivity contribution in [3.05, 3.63) is 66.4 Å². The number of carbonyl (C=O) groups is 1. The van der Waals surface area contributed by atoms with Crippen molar-refractivity contribution in [3.8, 4) is 17.0 Å². The summed E-state index contributed by atoms with van der Waals surface area (Å²) in [4.78, 5) is 12.2. The monoisotopic (exact) mass is 380 g/mol. The summed E-state index contributed by atoms with van der Waals surface area (Å²) in [5.74, 6) is 0.555. The van der Waals surface area contributed by atoms with Crippen LogP contribution in [0, 0.1) is 0 Å². The van der Waals surface area contributed by atoms with Gasteiger partial charge in [-0.2, -0.15) is 5.10 Å². The number of anilines is 1. The van der Waals surface area contributed by atoms with Gasteiger partial charge in [-0.05, 0) is 42.5 Å². The maximum atomic E-state index is 12.2. The van der Waals surface area contributed by atoms with Gasteiger partial charge >= 0.3 is 0 Å². The van der Waals surface area contributed by atoms with Crippen molar-refractivity contribution in [2.45, 2.75) is 0 Å². The van der Waals surface area contributed by atoms with Gasteiger partial charge in [0.05, 0.1) is 26.0 Å². The Bertz CT molecular complexity index is 847. The molecule has 1 amide bonds. The van der Waals surface area contributed by atoms with E-state index < -0.39 is 0 Å². The number of H-pyrrole nitrogens is 1. The van der Waals surface area contributed by atoms with Gasteiger partial charge in [0.2, 0.25) is 0 Å². The number of rotatable bonds is 4. The first-order chi connectivity index (χ1) is 13.8. The lowest BCUT2D eigenvalue weighted by molar-refractivity contribution is 0.102. The second kappa shape index (κ2) is 10.2. The average Bonchev–Trinajstić information content (AvgIpc) is 3.27. The molecule has 28 heavy (non-hydrogen) atoms. The molecule has 0 bridgehead atoms. The highest BCUT2D eigenvalue weighted by Crippen LogP contribution is 2.21. The fourth-order valence-corrected chi connectivity index (χ4v) is 2.58. The topological polar surface area (TPSA) is 88.3 Å². The number of para-hydroxylation sites is 1. The predicted molar refractivity (Wildman–Crippen MR) is 109 cm³/mol. The molecule has 7 heteroatoms. The minimum absolute atomic E-state index is 0.224. The van der Waals surface area contributed by atoms with Crippen LogP contribution in [0.5, 0.6) is 5.75 Å². The van der Waals surface area contributed by atoms with Crippen LogP contribution in [0.3, 0.4) is 0 Å². The molecule has 0 unspecified atom stereocenters. The first-order valence-electron chi connectivity index (χ1n) is 9.11. The van der Waals surface area contributed by atoms with Crippen molar-refractivity contribution in [2.24, 2.45) is 0 Å². The Balaban J connectivity index is 0.000000320. The molecule has 0 atom stereocenters. The third-order valence-electron chi connectivity index (χ3n) is 4.09. The van der Waals surface area contributed by atoms with Crippen LogP contribution in [0.2, 0.25) is 0 Å². The molecule has 3 aromatic rings. The molecule has 1 aliphatic heterocycles. The minimum atomic E-state index is -0.224. The number of carbonyl (C=O) groups excluding carboxylic acids is 1. The molecular weight excluding hydrogens is 356 g/mol. The summed E-state index contributed by atoms with van der Waals surface area (Å²) < 4.78 is 10.1. The first kappa shape index (κ1) is 19.6. The molecule has 3 N–H and O–H groups in total. The molecule has 0 saturated carbocycles. The van der Waals surface area contributed by atoms with Crippen LogP contribution >= 0.6 is 0 Å². The molecule has 0 radical (unpaired) electrons. The van der Waals surface area contributed by atoms with Crippen LogP contribution in [0.15, 0.2) is 60.7 Å². The molecule has 1 fully saturated rings. The van der Waals surface area contributed by atoms with Crippen molar-refractivity contribution in [1.29, 1.82) is 0 Å². The van der Waals surface area contributed by atoms with Gasteiger partial charge in [-0.15, -0.1) is 0 Å².